The molecule has 0 atom stereocenters. The van der Waals surface area contributed by atoms with Crippen molar-refractivity contribution in [1.82, 2.24) is 3.71 Å². The Labute approximate surface area is 110 Å². The second-order valence-electron chi connectivity index (χ2n) is 3.19. The zero-order chi connectivity index (χ0) is 11.7. The third kappa shape index (κ3) is 8.46. The third-order valence-corrected chi connectivity index (χ3v) is 6.72. The predicted octanol–water partition coefficient (Wildman–Crippen LogP) is 4.08. The number of nitrogens with zero attached hydrogens (tertiary/aromatic N) is 1. The molecule has 0 N–H and O–H groups in total. The molecule has 0 aromatic carbocycles. The Hall–Kier alpha value is 0.658. The van der Waals surface area contributed by atoms with E-state index < -0.39 is 23.8 Å². The number of rotatable bonds is 7. The number of amides is 1. The van der Waals surface area contributed by atoms with Crippen molar-refractivity contribution < 1.29 is 25.9 Å². The van der Waals surface area contributed by atoms with Gasteiger partial charge in [0.1, 0.15) is 0 Å². The van der Waals surface area contributed by atoms with Gasteiger partial charge in [0.05, 0.1) is 0 Å². The standard InChI is InChI=1S/2C4H9.CH3NO2S2.Mo/c2*1-3-4-2;3-1(4)2(5)6;/h2*1,3-4H2,2H3;5-6H,(H,3,4);/q;;;+1/p-1. The Morgan fingerprint density at radius 2 is 1.67 bits per heavy atom. The van der Waals surface area contributed by atoms with Crippen LogP contribution in [0.15, 0.2) is 0 Å². The van der Waals surface area contributed by atoms with E-state index in [1.807, 2.05) is 0 Å². The summed E-state index contributed by atoms with van der Waals surface area (Å²) in [6.45, 7) is 4.31. The quantitative estimate of drug-likeness (QED) is 0.543. The fraction of sp³-hybridized carbons (Fsp3) is 0.889. The fourth-order valence-electron chi connectivity index (χ4n) is 0.930. The second kappa shape index (κ2) is 9.85. The summed E-state index contributed by atoms with van der Waals surface area (Å²) < 4.78 is 6.34. The summed E-state index contributed by atoms with van der Waals surface area (Å²) in [7, 11) is 0. The molecule has 0 saturated heterocycles. The van der Waals surface area contributed by atoms with Crippen LogP contribution in [0.5, 0.6) is 0 Å². The molecule has 0 radical (unpaired) electrons. The van der Waals surface area contributed by atoms with Crippen molar-refractivity contribution in [3.63, 3.8) is 0 Å². The first-order valence-corrected chi connectivity index (χ1v) is 9.65. The van der Waals surface area contributed by atoms with Crippen molar-refractivity contribution in [1.29, 1.82) is 0 Å². The molecule has 0 saturated carbocycles. The van der Waals surface area contributed by atoms with E-state index in [1.54, 1.807) is 0 Å². The van der Waals surface area contributed by atoms with Crippen LogP contribution in [0.25, 0.3) is 0 Å². The number of thiol groups is 2. The first-order chi connectivity index (χ1) is 7.11. The zero-order valence-corrected chi connectivity index (χ0v) is 13.1. The average Bonchev–Trinajstić information content (AvgIpc) is 2.21. The molecule has 3 nitrogen and oxygen atoms in total. The third-order valence-electron chi connectivity index (χ3n) is 1.80. The number of hydrogen-bond acceptors (Lipinski definition) is 4. The monoisotopic (exact) mass is 336 g/mol. The first kappa shape index (κ1) is 15.7. The molecule has 0 aliphatic rings. The van der Waals surface area contributed by atoms with Crippen molar-refractivity contribution >= 4 is 31.7 Å². The van der Waals surface area contributed by atoms with Crippen molar-refractivity contribution in [3.8, 4) is 0 Å². The molecule has 1 amide bonds. The van der Waals surface area contributed by atoms with Gasteiger partial charge >= 0.3 is 110 Å². The average molecular weight is 334 g/mol. The van der Waals surface area contributed by atoms with Crippen molar-refractivity contribution in [2.75, 3.05) is 0 Å². The van der Waals surface area contributed by atoms with Crippen LogP contribution in [0.1, 0.15) is 39.5 Å². The summed E-state index contributed by atoms with van der Waals surface area (Å²) in [4.78, 5) is 13.5. The Morgan fingerprint density at radius 3 is 2.00 bits per heavy atom. The number of hydrogen-bond donors (Lipinski definition) is 2. The van der Waals surface area contributed by atoms with Gasteiger partial charge in [-0.05, 0) is 0 Å². The van der Waals surface area contributed by atoms with Gasteiger partial charge in [-0.15, -0.1) is 0 Å². The molecule has 15 heavy (non-hydrogen) atoms. The van der Waals surface area contributed by atoms with Gasteiger partial charge in [0, 0.05) is 0 Å². The molecule has 0 heterocycles. The molecule has 0 aromatic heterocycles. The van der Waals surface area contributed by atoms with E-state index >= 15 is 0 Å². The SMILES string of the molecule is CCC[CH2][Mo]([CH2]CCC)[O]C(=O)N(S)S. The van der Waals surface area contributed by atoms with Crippen LogP contribution in [0.2, 0.25) is 9.62 Å². The zero-order valence-electron chi connectivity index (χ0n) is 9.31. The van der Waals surface area contributed by atoms with Crippen molar-refractivity contribution in [2.24, 2.45) is 0 Å². The molecular formula is C9H20MoNO2S2. The summed E-state index contributed by atoms with van der Waals surface area (Å²) in [6, 6.07) is 0. The minimum absolute atomic E-state index is 0.412. The first-order valence-electron chi connectivity index (χ1n) is 5.19. The Bertz CT molecular complexity index is 173. The van der Waals surface area contributed by atoms with Crippen LogP contribution >= 0.6 is 25.6 Å². The normalized spacial score (nSPS) is 10.5. The summed E-state index contributed by atoms with van der Waals surface area (Å²) in [5, 5.41) is 0. The number of unbranched alkanes of at least 4 members (excludes halogenated alkanes) is 2. The molecule has 0 aliphatic carbocycles. The molecule has 0 rings (SSSR count). The Kier molecular flexibility index (Phi) is 10.3. The summed E-state index contributed by atoms with van der Waals surface area (Å²) in [6.07, 6.45) is 4.23. The van der Waals surface area contributed by atoms with E-state index in [-0.39, 0.29) is 0 Å². The van der Waals surface area contributed by atoms with E-state index in [9.17, 15) is 4.79 Å². The summed E-state index contributed by atoms with van der Waals surface area (Å²) in [5.41, 5.74) is 0. The molecule has 0 fully saturated rings. The molecule has 0 spiro atoms. The summed E-state index contributed by atoms with van der Waals surface area (Å²) >= 11 is 5.92. The van der Waals surface area contributed by atoms with E-state index in [2.05, 4.69) is 39.5 Å². The molecule has 6 heteroatoms. The van der Waals surface area contributed by atoms with Gasteiger partial charge in [-0.1, -0.05) is 0 Å². The van der Waals surface area contributed by atoms with Crippen LogP contribution in [-0.2, 0) is 21.1 Å². The second-order valence-corrected chi connectivity index (χ2v) is 8.89. The van der Waals surface area contributed by atoms with Gasteiger partial charge in [-0.3, -0.25) is 0 Å². The molecule has 0 unspecified atom stereocenters. The van der Waals surface area contributed by atoms with Crippen LogP contribution in [-0.4, -0.2) is 9.80 Å². The predicted molar refractivity (Wildman–Crippen MR) is 65.7 cm³/mol. The summed E-state index contributed by atoms with van der Waals surface area (Å²) in [5.74, 6) is 0. The van der Waals surface area contributed by atoms with E-state index in [1.165, 1.54) is 0 Å². The molecule has 0 aromatic rings. The van der Waals surface area contributed by atoms with Crippen molar-refractivity contribution in [2.45, 2.75) is 49.2 Å². The van der Waals surface area contributed by atoms with Gasteiger partial charge in [0.2, 0.25) is 0 Å². The van der Waals surface area contributed by atoms with E-state index in [4.69, 9.17) is 3.39 Å². The van der Waals surface area contributed by atoms with Gasteiger partial charge in [-0.25, -0.2) is 0 Å². The molecule has 0 bridgehead atoms. The maximum absolute atomic E-state index is 11.3. The van der Waals surface area contributed by atoms with Crippen LogP contribution in [0, 0.1) is 0 Å². The van der Waals surface area contributed by atoms with Crippen LogP contribution < -0.4 is 0 Å². The minimum atomic E-state index is -1.68. The number of carbonyl (C=O) groups is 1. The Balaban J connectivity index is 3.93. The fourth-order valence-corrected chi connectivity index (χ4v) is 5.90. The van der Waals surface area contributed by atoms with Gasteiger partial charge in [0.15, 0.2) is 0 Å². The van der Waals surface area contributed by atoms with Gasteiger partial charge < -0.3 is 0 Å². The topological polar surface area (TPSA) is 29.5 Å². The van der Waals surface area contributed by atoms with Crippen LogP contribution in [0.4, 0.5) is 4.79 Å². The van der Waals surface area contributed by atoms with E-state index in [0.717, 1.165) is 39.0 Å². The van der Waals surface area contributed by atoms with Crippen molar-refractivity contribution in [3.05, 3.63) is 0 Å². The molecule has 0 aliphatic heterocycles. The van der Waals surface area contributed by atoms with Gasteiger partial charge in [-0.2, -0.15) is 0 Å². The maximum atomic E-state index is 11.3. The number of carbonyl (C=O) groups excluding carboxylic acids is 1. The van der Waals surface area contributed by atoms with E-state index in [0.29, 0.717) is 0 Å². The molecule has 91 valence electrons. The molecular weight excluding hydrogens is 314 g/mol. The Morgan fingerprint density at radius 1 is 1.20 bits per heavy atom. The van der Waals surface area contributed by atoms with Crippen LogP contribution in [0.3, 0.4) is 0 Å². The van der Waals surface area contributed by atoms with Gasteiger partial charge in [0.25, 0.3) is 0 Å².